The standard InChI is InChI=1S/C14H17F6N/c1-8(21-12(2,3)4)9-5-10(13(15,16)17)7-11(6-9)14(18,19)20/h5-8,21H,1-4H3/t8-/m1/s1. The number of hydrogen-bond donors (Lipinski definition) is 1. The largest absolute Gasteiger partial charge is 0.416 e. The molecule has 1 rings (SSSR count). The number of nitrogens with one attached hydrogen (secondary N) is 1. The zero-order valence-electron chi connectivity index (χ0n) is 12.1. The number of alkyl halides is 6. The lowest BCUT2D eigenvalue weighted by Gasteiger charge is -2.27. The summed E-state index contributed by atoms with van der Waals surface area (Å²) in [5.74, 6) is 0. The summed E-state index contributed by atoms with van der Waals surface area (Å²) in [7, 11) is 0. The van der Waals surface area contributed by atoms with E-state index in [0.717, 1.165) is 12.1 Å². The van der Waals surface area contributed by atoms with E-state index in [-0.39, 0.29) is 11.6 Å². The van der Waals surface area contributed by atoms with E-state index in [9.17, 15) is 26.3 Å². The molecule has 0 fully saturated rings. The monoisotopic (exact) mass is 313 g/mol. The summed E-state index contributed by atoms with van der Waals surface area (Å²) in [6.45, 7) is 6.87. The summed E-state index contributed by atoms with van der Waals surface area (Å²) >= 11 is 0. The molecule has 0 bridgehead atoms. The van der Waals surface area contributed by atoms with Crippen molar-refractivity contribution in [1.29, 1.82) is 0 Å². The Labute approximate surface area is 119 Å². The van der Waals surface area contributed by atoms with Gasteiger partial charge in [0, 0.05) is 11.6 Å². The Bertz CT molecular complexity index is 463. The van der Waals surface area contributed by atoms with Gasteiger partial charge in [0.25, 0.3) is 0 Å². The minimum absolute atomic E-state index is 0.0490. The third-order valence-corrected chi connectivity index (χ3v) is 2.76. The molecule has 7 heteroatoms. The van der Waals surface area contributed by atoms with Crippen molar-refractivity contribution in [3.63, 3.8) is 0 Å². The van der Waals surface area contributed by atoms with Crippen molar-refractivity contribution in [2.24, 2.45) is 0 Å². The first-order valence-electron chi connectivity index (χ1n) is 6.27. The molecule has 0 aliphatic rings. The lowest BCUT2D eigenvalue weighted by atomic mass is 9.98. The van der Waals surface area contributed by atoms with Gasteiger partial charge < -0.3 is 5.32 Å². The zero-order chi connectivity index (χ0) is 16.6. The van der Waals surface area contributed by atoms with E-state index in [1.54, 1.807) is 20.8 Å². The van der Waals surface area contributed by atoms with Gasteiger partial charge in [0.2, 0.25) is 0 Å². The highest BCUT2D eigenvalue weighted by Gasteiger charge is 2.37. The minimum Gasteiger partial charge on any atom is -0.306 e. The van der Waals surface area contributed by atoms with E-state index < -0.39 is 35.1 Å². The number of halogens is 6. The summed E-state index contributed by atoms with van der Waals surface area (Å²) in [6, 6.07) is 0.985. The number of hydrogen-bond acceptors (Lipinski definition) is 1. The van der Waals surface area contributed by atoms with Gasteiger partial charge in [-0.05, 0) is 51.5 Å². The molecule has 0 saturated heterocycles. The van der Waals surface area contributed by atoms with Crippen molar-refractivity contribution in [3.05, 3.63) is 34.9 Å². The third kappa shape index (κ3) is 5.22. The first-order chi connectivity index (χ1) is 9.20. The molecular formula is C14H17F6N. The SMILES string of the molecule is C[C@@H](NC(C)(C)C)c1cc(C(F)(F)F)cc(C(F)(F)F)c1. The molecular weight excluding hydrogens is 296 g/mol. The topological polar surface area (TPSA) is 12.0 Å². The number of benzene rings is 1. The second-order valence-electron chi connectivity index (χ2n) is 5.96. The molecule has 0 spiro atoms. The Morgan fingerprint density at radius 2 is 1.19 bits per heavy atom. The van der Waals surface area contributed by atoms with E-state index in [1.807, 2.05) is 0 Å². The molecule has 0 radical (unpaired) electrons. The predicted molar refractivity (Wildman–Crippen MR) is 67.7 cm³/mol. The fourth-order valence-electron chi connectivity index (χ4n) is 1.96. The Morgan fingerprint density at radius 1 is 0.810 bits per heavy atom. The van der Waals surface area contributed by atoms with Gasteiger partial charge in [-0.2, -0.15) is 26.3 Å². The van der Waals surface area contributed by atoms with Crippen molar-refractivity contribution < 1.29 is 26.3 Å². The minimum atomic E-state index is -4.82. The van der Waals surface area contributed by atoms with Crippen molar-refractivity contribution in [1.82, 2.24) is 5.32 Å². The molecule has 120 valence electrons. The van der Waals surface area contributed by atoms with Crippen LogP contribution in [0.2, 0.25) is 0 Å². The Hall–Kier alpha value is -1.24. The fourth-order valence-corrected chi connectivity index (χ4v) is 1.96. The van der Waals surface area contributed by atoms with Crippen molar-refractivity contribution in [3.8, 4) is 0 Å². The van der Waals surface area contributed by atoms with Crippen LogP contribution < -0.4 is 5.32 Å². The third-order valence-electron chi connectivity index (χ3n) is 2.76. The molecule has 0 aromatic heterocycles. The molecule has 1 aromatic carbocycles. The van der Waals surface area contributed by atoms with Gasteiger partial charge >= 0.3 is 12.4 Å². The summed E-state index contributed by atoms with van der Waals surface area (Å²) in [5.41, 5.74) is -3.08. The van der Waals surface area contributed by atoms with Crippen LogP contribution in [0.5, 0.6) is 0 Å². The average molecular weight is 313 g/mol. The van der Waals surface area contributed by atoms with Gasteiger partial charge in [-0.1, -0.05) is 0 Å². The van der Waals surface area contributed by atoms with Crippen LogP contribution in [0, 0.1) is 0 Å². The van der Waals surface area contributed by atoms with Crippen LogP contribution in [-0.2, 0) is 12.4 Å². The molecule has 0 amide bonds. The van der Waals surface area contributed by atoms with Gasteiger partial charge in [-0.25, -0.2) is 0 Å². The molecule has 1 N–H and O–H groups in total. The first kappa shape index (κ1) is 17.8. The molecule has 1 aromatic rings. The number of rotatable bonds is 2. The predicted octanol–water partition coefficient (Wildman–Crippen LogP) is 5.17. The Morgan fingerprint density at radius 3 is 1.48 bits per heavy atom. The van der Waals surface area contributed by atoms with Crippen LogP contribution in [0.3, 0.4) is 0 Å². The molecule has 0 aliphatic carbocycles. The van der Waals surface area contributed by atoms with E-state index in [4.69, 9.17) is 0 Å². The molecule has 21 heavy (non-hydrogen) atoms. The summed E-state index contributed by atoms with van der Waals surface area (Å²) in [6.07, 6.45) is -9.64. The maximum Gasteiger partial charge on any atom is 0.416 e. The normalized spacial score (nSPS) is 15.1. The van der Waals surface area contributed by atoms with Gasteiger partial charge in [-0.3, -0.25) is 0 Å². The van der Waals surface area contributed by atoms with Crippen molar-refractivity contribution in [2.45, 2.75) is 51.6 Å². The second kappa shape index (κ2) is 5.51. The molecule has 1 nitrogen and oxygen atoms in total. The van der Waals surface area contributed by atoms with Crippen molar-refractivity contribution >= 4 is 0 Å². The van der Waals surface area contributed by atoms with Crippen LogP contribution in [0.15, 0.2) is 18.2 Å². The van der Waals surface area contributed by atoms with Crippen LogP contribution in [0.25, 0.3) is 0 Å². The van der Waals surface area contributed by atoms with Gasteiger partial charge in [0.1, 0.15) is 0 Å². The lowest BCUT2D eigenvalue weighted by Crippen LogP contribution is -2.37. The van der Waals surface area contributed by atoms with Crippen LogP contribution in [0.4, 0.5) is 26.3 Å². The smallest absolute Gasteiger partial charge is 0.306 e. The fraction of sp³-hybridized carbons (Fsp3) is 0.571. The van der Waals surface area contributed by atoms with Crippen LogP contribution in [-0.4, -0.2) is 5.54 Å². The van der Waals surface area contributed by atoms with E-state index in [0.29, 0.717) is 0 Å². The quantitative estimate of drug-likeness (QED) is 0.742. The maximum atomic E-state index is 12.7. The van der Waals surface area contributed by atoms with Gasteiger partial charge in [-0.15, -0.1) is 0 Å². The molecule has 0 aliphatic heterocycles. The van der Waals surface area contributed by atoms with E-state index in [1.165, 1.54) is 6.92 Å². The summed E-state index contributed by atoms with van der Waals surface area (Å²) in [5, 5.41) is 2.96. The average Bonchev–Trinajstić information content (AvgIpc) is 2.23. The highest BCUT2D eigenvalue weighted by atomic mass is 19.4. The highest BCUT2D eigenvalue weighted by Crippen LogP contribution is 2.37. The molecule has 0 heterocycles. The van der Waals surface area contributed by atoms with E-state index >= 15 is 0 Å². The molecule has 1 atom stereocenters. The van der Waals surface area contributed by atoms with Crippen LogP contribution in [0.1, 0.15) is 50.4 Å². The summed E-state index contributed by atoms with van der Waals surface area (Å²) in [4.78, 5) is 0. The Balaban J connectivity index is 3.32. The van der Waals surface area contributed by atoms with Crippen LogP contribution >= 0.6 is 0 Å². The highest BCUT2D eigenvalue weighted by molar-refractivity contribution is 5.35. The second-order valence-corrected chi connectivity index (χ2v) is 5.96. The summed E-state index contributed by atoms with van der Waals surface area (Å²) < 4.78 is 76.5. The first-order valence-corrected chi connectivity index (χ1v) is 6.27. The van der Waals surface area contributed by atoms with Gasteiger partial charge in [0.15, 0.2) is 0 Å². The molecule has 0 saturated carbocycles. The zero-order valence-corrected chi connectivity index (χ0v) is 12.1. The lowest BCUT2D eigenvalue weighted by molar-refractivity contribution is -0.143. The van der Waals surface area contributed by atoms with Gasteiger partial charge in [0.05, 0.1) is 11.1 Å². The maximum absolute atomic E-state index is 12.7. The Kier molecular flexibility index (Phi) is 4.68. The van der Waals surface area contributed by atoms with Crippen molar-refractivity contribution in [2.75, 3.05) is 0 Å². The molecule has 0 unspecified atom stereocenters. The van der Waals surface area contributed by atoms with E-state index in [2.05, 4.69) is 5.32 Å².